The van der Waals surface area contributed by atoms with Gasteiger partial charge >= 0.3 is 0 Å². The summed E-state index contributed by atoms with van der Waals surface area (Å²) < 4.78 is 5.51. The molecule has 0 saturated carbocycles. The lowest BCUT2D eigenvalue weighted by atomic mass is 9.97. The van der Waals surface area contributed by atoms with Crippen LogP contribution in [0, 0.1) is 25.2 Å². The first kappa shape index (κ1) is 16.1. The zero-order chi connectivity index (χ0) is 14.5. The highest BCUT2D eigenvalue weighted by Crippen LogP contribution is 2.22. The predicted octanol–water partition coefficient (Wildman–Crippen LogP) is 3.44. The van der Waals surface area contributed by atoms with Gasteiger partial charge < -0.3 is 4.42 Å². The lowest BCUT2D eigenvalue weighted by molar-refractivity contribution is 0.379. The fourth-order valence-corrected chi connectivity index (χ4v) is 2.74. The van der Waals surface area contributed by atoms with Gasteiger partial charge in [-0.15, -0.1) is 0 Å². The van der Waals surface area contributed by atoms with Gasteiger partial charge in [-0.25, -0.2) is 4.98 Å². The zero-order valence-corrected chi connectivity index (χ0v) is 13.2. The zero-order valence-electron chi connectivity index (χ0n) is 12.4. The molecule has 0 amide bonds. The highest BCUT2D eigenvalue weighted by atomic mass is 32.2. The molecule has 1 N–H and O–H groups in total. The van der Waals surface area contributed by atoms with Crippen LogP contribution in [0.15, 0.2) is 9.64 Å². The number of thioether (sulfide) groups is 1. The van der Waals surface area contributed by atoms with Gasteiger partial charge in [0.15, 0.2) is 0 Å². The van der Waals surface area contributed by atoms with Crippen molar-refractivity contribution in [1.82, 2.24) is 10.3 Å². The van der Waals surface area contributed by atoms with E-state index in [1.807, 2.05) is 20.8 Å². The molecule has 0 saturated heterocycles. The van der Waals surface area contributed by atoms with Gasteiger partial charge in [-0.2, -0.15) is 5.26 Å². The predicted molar refractivity (Wildman–Crippen MR) is 78.2 cm³/mol. The van der Waals surface area contributed by atoms with Crippen LogP contribution in [0.1, 0.15) is 45.1 Å². The number of hydrogen-bond acceptors (Lipinski definition) is 5. The average Bonchev–Trinajstić information content (AvgIpc) is 2.64. The lowest BCUT2D eigenvalue weighted by Crippen LogP contribution is -2.44. The van der Waals surface area contributed by atoms with Crippen LogP contribution in [0.2, 0.25) is 0 Å². The van der Waals surface area contributed by atoms with E-state index in [9.17, 15) is 5.26 Å². The number of nitriles is 1. The Morgan fingerprint density at radius 1 is 1.47 bits per heavy atom. The maximum absolute atomic E-state index is 9.24. The summed E-state index contributed by atoms with van der Waals surface area (Å²) in [6.07, 6.45) is 1.78. The number of aromatic nitrogens is 1. The summed E-state index contributed by atoms with van der Waals surface area (Å²) in [5.41, 5.74) is 0.503. The van der Waals surface area contributed by atoms with E-state index >= 15 is 0 Å². The van der Waals surface area contributed by atoms with Crippen LogP contribution >= 0.6 is 11.8 Å². The van der Waals surface area contributed by atoms with Crippen molar-refractivity contribution in [2.24, 2.45) is 0 Å². The van der Waals surface area contributed by atoms with Gasteiger partial charge in [-0.3, -0.25) is 5.32 Å². The second-order valence-corrected chi connectivity index (χ2v) is 6.36. The Balaban J connectivity index is 2.35. The summed E-state index contributed by atoms with van der Waals surface area (Å²) in [4.78, 5) is 4.33. The molecule has 1 rings (SSSR count). The van der Waals surface area contributed by atoms with Crippen molar-refractivity contribution in [3.05, 3.63) is 11.5 Å². The number of oxazole rings is 1. The number of rotatable bonds is 7. The molecule has 0 aliphatic rings. The Morgan fingerprint density at radius 3 is 2.63 bits per heavy atom. The summed E-state index contributed by atoms with van der Waals surface area (Å²) in [5, 5.41) is 13.3. The normalized spacial score (nSPS) is 14.4. The molecular weight excluding hydrogens is 258 g/mol. The van der Waals surface area contributed by atoms with Crippen molar-refractivity contribution in [1.29, 1.82) is 5.26 Å². The minimum Gasteiger partial charge on any atom is -0.437 e. The maximum Gasteiger partial charge on any atom is 0.256 e. The van der Waals surface area contributed by atoms with Crippen LogP contribution in [0.25, 0.3) is 0 Å². The topological polar surface area (TPSA) is 61.9 Å². The van der Waals surface area contributed by atoms with Crippen LogP contribution in [-0.4, -0.2) is 22.3 Å². The number of hydrogen-bond donors (Lipinski definition) is 1. The minimum absolute atomic E-state index is 0.314. The van der Waals surface area contributed by atoms with Crippen molar-refractivity contribution in [2.45, 2.75) is 64.3 Å². The molecule has 1 heterocycles. The van der Waals surface area contributed by atoms with Crippen LogP contribution in [0.5, 0.6) is 0 Å². The summed E-state index contributed by atoms with van der Waals surface area (Å²) in [7, 11) is 0. The van der Waals surface area contributed by atoms with Gasteiger partial charge in [0.25, 0.3) is 5.22 Å². The summed E-state index contributed by atoms with van der Waals surface area (Å²) >= 11 is 1.61. The van der Waals surface area contributed by atoms with Crippen LogP contribution in [0.3, 0.4) is 0 Å². The van der Waals surface area contributed by atoms with Gasteiger partial charge in [0.1, 0.15) is 11.3 Å². The van der Waals surface area contributed by atoms with E-state index in [1.165, 1.54) is 0 Å². The maximum atomic E-state index is 9.24. The molecular formula is C14H23N3OS. The van der Waals surface area contributed by atoms with E-state index in [1.54, 1.807) is 11.8 Å². The molecule has 0 aliphatic carbocycles. The smallest absolute Gasteiger partial charge is 0.256 e. The fraction of sp³-hybridized carbons (Fsp3) is 0.714. The van der Waals surface area contributed by atoms with Crippen molar-refractivity contribution in [3.8, 4) is 6.07 Å². The monoisotopic (exact) mass is 281 g/mol. The molecule has 19 heavy (non-hydrogen) atoms. The number of nitrogens with zero attached hydrogens (tertiary/aromatic N) is 2. The molecule has 4 nitrogen and oxygen atoms in total. The van der Waals surface area contributed by atoms with Gasteiger partial charge in [-0.1, -0.05) is 11.8 Å². The largest absolute Gasteiger partial charge is 0.437 e. The molecule has 1 aromatic rings. The third-order valence-corrected chi connectivity index (χ3v) is 3.82. The van der Waals surface area contributed by atoms with Crippen molar-refractivity contribution in [2.75, 3.05) is 5.75 Å². The molecule has 1 unspecified atom stereocenters. The third-order valence-electron chi connectivity index (χ3n) is 2.91. The van der Waals surface area contributed by atoms with E-state index in [0.717, 1.165) is 35.3 Å². The second kappa shape index (κ2) is 6.97. The SMILES string of the molecule is Cc1nc(SCCCC(C)(C#N)NC(C)C)oc1C. The molecule has 1 aromatic heterocycles. The van der Waals surface area contributed by atoms with Crippen molar-refractivity contribution in [3.63, 3.8) is 0 Å². The molecule has 106 valence electrons. The van der Waals surface area contributed by atoms with Crippen LogP contribution < -0.4 is 5.32 Å². The molecule has 0 aromatic carbocycles. The highest BCUT2D eigenvalue weighted by molar-refractivity contribution is 7.99. The number of nitrogens with one attached hydrogen (secondary N) is 1. The molecule has 0 aliphatic heterocycles. The van der Waals surface area contributed by atoms with E-state index in [2.05, 4.69) is 30.2 Å². The van der Waals surface area contributed by atoms with E-state index in [0.29, 0.717) is 6.04 Å². The standard InChI is InChI=1S/C14H23N3OS/c1-10(2)17-14(5,9-15)7-6-8-19-13-16-11(3)12(4)18-13/h10,17H,6-8H2,1-5H3. The molecule has 1 atom stereocenters. The minimum atomic E-state index is -0.447. The van der Waals surface area contributed by atoms with Gasteiger partial charge in [0.2, 0.25) is 0 Å². The quantitative estimate of drug-likeness (QED) is 0.612. The van der Waals surface area contributed by atoms with E-state index < -0.39 is 5.54 Å². The first-order valence-corrected chi connectivity index (χ1v) is 7.60. The molecule has 5 heteroatoms. The summed E-state index contributed by atoms with van der Waals surface area (Å²) in [6.45, 7) is 9.94. The first-order chi connectivity index (χ1) is 8.86. The molecule has 0 spiro atoms. The second-order valence-electron chi connectivity index (χ2n) is 5.32. The summed E-state index contributed by atoms with van der Waals surface area (Å²) in [6, 6.07) is 2.68. The Hall–Kier alpha value is -0.990. The molecule has 0 bridgehead atoms. The Labute approximate surface area is 120 Å². The van der Waals surface area contributed by atoms with Crippen LogP contribution in [0.4, 0.5) is 0 Å². The van der Waals surface area contributed by atoms with Crippen molar-refractivity contribution >= 4 is 11.8 Å². The molecule has 0 radical (unpaired) electrons. The summed E-state index contributed by atoms with van der Waals surface area (Å²) in [5.74, 6) is 1.79. The van der Waals surface area contributed by atoms with Crippen LogP contribution in [-0.2, 0) is 0 Å². The lowest BCUT2D eigenvalue weighted by Gasteiger charge is -2.25. The van der Waals surface area contributed by atoms with Gasteiger partial charge in [0.05, 0.1) is 11.8 Å². The third kappa shape index (κ3) is 5.25. The van der Waals surface area contributed by atoms with Gasteiger partial charge in [0, 0.05) is 11.8 Å². The van der Waals surface area contributed by atoms with Crippen molar-refractivity contribution < 1.29 is 4.42 Å². The first-order valence-electron chi connectivity index (χ1n) is 6.62. The molecule has 0 fully saturated rings. The van der Waals surface area contributed by atoms with Gasteiger partial charge in [-0.05, 0) is 47.5 Å². The number of aryl methyl sites for hydroxylation is 2. The Morgan fingerprint density at radius 2 is 2.16 bits per heavy atom. The Bertz CT molecular complexity index is 431. The van der Waals surface area contributed by atoms with E-state index in [4.69, 9.17) is 4.42 Å². The van der Waals surface area contributed by atoms with E-state index in [-0.39, 0.29) is 0 Å². The average molecular weight is 281 g/mol. The fourth-order valence-electron chi connectivity index (χ4n) is 1.89. The highest BCUT2D eigenvalue weighted by Gasteiger charge is 2.23. The Kier molecular flexibility index (Phi) is 5.89.